The number of non-ortho nitro benzene ring substituents is 1. The molecule has 6 nitrogen and oxygen atoms in total. The maximum Gasteiger partial charge on any atom is 0.271 e. The number of aromatic nitrogens is 2. The quantitative estimate of drug-likeness (QED) is 0.401. The molecule has 1 heterocycles. The summed E-state index contributed by atoms with van der Waals surface area (Å²) in [5.41, 5.74) is 2.13. The van der Waals surface area contributed by atoms with E-state index in [1.54, 1.807) is 12.1 Å². The number of fused-ring (bicyclic) bond motifs is 2. The number of phenols is 1. The highest BCUT2D eigenvalue weighted by Crippen LogP contribution is 2.22. The predicted octanol–water partition coefficient (Wildman–Crippen LogP) is 2.40. The molecule has 0 aliphatic heterocycles. The van der Waals surface area contributed by atoms with Gasteiger partial charge in [0.05, 0.1) is 27.0 Å². The van der Waals surface area contributed by atoms with E-state index in [-0.39, 0.29) is 11.4 Å². The van der Waals surface area contributed by atoms with Gasteiger partial charge in [0.1, 0.15) is 5.75 Å². The standard InChI is InChI=1S/C12H7N3O3/c16-8-2-4-10-12(6-8)14-9-3-1-7(15(17)18)5-11(9)13-10/h1-6,16H. The normalized spacial score (nSPS) is 10.9. The van der Waals surface area contributed by atoms with Crippen molar-refractivity contribution in [1.29, 1.82) is 0 Å². The van der Waals surface area contributed by atoms with E-state index in [4.69, 9.17) is 0 Å². The Morgan fingerprint density at radius 1 is 0.944 bits per heavy atom. The molecule has 2 aromatic carbocycles. The smallest absolute Gasteiger partial charge is 0.271 e. The van der Waals surface area contributed by atoms with Crippen LogP contribution >= 0.6 is 0 Å². The number of aromatic hydroxyl groups is 1. The molecule has 0 saturated carbocycles. The third kappa shape index (κ3) is 1.60. The van der Waals surface area contributed by atoms with Gasteiger partial charge in [0.15, 0.2) is 0 Å². The van der Waals surface area contributed by atoms with Crippen molar-refractivity contribution in [2.45, 2.75) is 0 Å². The molecule has 0 bridgehead atoms. The summed E-state index contributed by atoms with van der Waals surface area (Å²) in [7, 11) is 0. The maximum absolute atomic E-state index is 10.7. The molecular formula is C12H7N3O3. The van der Waals surface area contributed by atoms with Gasteiger partial charge in [-0.25, -0.2) is 9.97 Å². The first-order chi connectivity index (χ1) is 8.63. The van der Waals surface area contributed by atoms with E-state index in [9.17, 15) is 15.2 Å². The highest BCUT2D eigenvalue weighted by molar-refractivity contribution is 5.87. The average Bonchev–Trinajstić information content (AvgIpc) is 2.35. The van der Waals surface area contributed by atoms with Crippen molar-refractivity contribution in [3.05, 3.63) is 46.5 Å². The van der Waals surface area contributed by atoms with Gasteiger partial charge in [-0.15, -0.1) is 0 Å². The zero-order chi connectivity index (χ0) is 12.7. The van der Waals surface area contributed by atoms with Crippen LogP contribution in [0.4, 0.5) is 5.69 Å². The lowest BCUT2D eigenvalue weighted by molar-refractivity contribution is -0.384. The Labute approximate surface area is 101 Å². The number of rotatable bonds is 1. The zero-order valence-corrected chi connectivity index (χ0v) is 9.07. The molecule has 0 spiro atoms. The Balaban J connectivity index is 2.34. The molecule has 1 N–H and O–H groups in total. The Morgan fingerprint density at radius 3 is 2.22 bits per heavy atom. The molecule has 0 aliphatic rings. The van der Waals surface area contributed by atoms with Crippen molar-refractivity contribution in [2.75, 3.05) is 0 Å². The van der Waals surface area contributed by atoms with Crippen molar-refractivity contribution in [2.24, 2.45) is 0 Å². The summed E-state index contributed by atoms with van der Waals surface area (Å²) in [5.74, 6) is 0.109. The number of phenolic OH excluding ortho intramolecular Hbond substituents is 1. The minimum Gasteiger partial charge on any atom is -0.508 e. The highest BCUT2D eigenvalue weighted by Gasteiger charge is 2.09. The average molecular weight is 241 g/mol. The number of nitro benzene ring substituents is 1. The molecule has 0 atom stereocenters. The summed E-state index contributed by atoms with van der Waals surface area (Å²) >= 11 is 0. The van der Waals surface area contributed by atoms with Gasteiger partial charge in [0.2, 0.25) is 0 Å². The molecule has 0 amide bonds. The van der Waals surface area contributed by atoms with Crippen LogP contribution in [0.2, 0.25) is 0 Å². The highest BCUT2D eigenvalue weighted by atomic mass is 16.6. The maximum atomic E-state index is 10.7. The molecule has 0 radical (unpaired) electrons. The van der Waals surface area contributed by atoms with Gasteiger partial charge in [0, 0.05) is 18.2 Å². The fourth-order valence-electron chi connectivity index (χ4n) is 1.76. The first-order valence-electron chi connectivity index (χ1n) is 5.18. The van der Waals surface area contributed by atoms with E-state index in [2.05, 4.69) is 9.97 Å². The van der Waals surface area contributed by atoms with E-state index < -0.39 is 4.92 Å². The first kappa shape index (κ1) is 10.4. The van der Waals surface area contributed by atoms with E-state index in [0.717, 1.165) is 0 Å². The Kier molecular flexibility index (Phi) is 2.09. The largest absolute Gasteiger partial charge is 0.508 e. The lowest BCUT2D eigenvalue weighted by Crippen LogP contribution is -1.91. The second kappa shape index (κ2) is 3.63. The lowest BCUT2D eigenvalue weighted by Gasteiger charge is -2.01. The van der Waals surface area contributed by atoms with Gasteiger partial charge < -0.3 is 5.11 Å². The minimum absolute atomic E-state index is 0.0186. The molecule has 88 valence electrons. The molecule has 0 unspecified atom stereocenters. The first-order valence-corrected chi connectivity index (χ1v) is 5.18. The summed E-state index contributed by atoms with van der Waals surface area (Å²) in [6, 6.07) is 8.93. The second-order valence-electron chi connectivity index (χ2n) is 3.83. The summed E-state index contributed by atoms with van der Waals surface area (Å²) in [6.07, 6.45) is 0. The molecule has 18 heavy (non-hydrogen) atoms. The SMILES string of the molecule is O=[N+]([O-])c1ccc2nc3cc(O)ccc3nc2c1. The molecule has 6 heteroatoms. The summed E-state index contributed by atoms with van der Waals surface area (Å²) < 4.78 is 0. The molecule has 0 saturated heterocycles. The van der Waals surface area contributed by atoms with Crippen LogP contribution in [-0.2, 0) is 0 Å². The minimum atomic E-state index is -0.470. The van der Waals surface area contributed by atoms with Crippen molar-refractivity contribution in [3.8, 4) is 5.75 Å². The van der Waals surface area contributed by atoms with E-state index >= 15 is 0 Å². The Morgan fingerprint density at radius 2 is 1.56 bits per heavy atom. The van der Waals surface area contributed by atoms with Crippen molar-refractivity contribution >= 4 is 27.8 Å². The number of nitro groups is 1. The summed E-state index contributed by atoms with van der Waals surface area (Å²) in [4.78, 5) is 18.8. The van der Waals surface area contributed by atoms with Crippen LogP contribution < -0.4 is 0 Å². The fourth-order valence-corrected chi connectivity index (χ4v) is 1.76. The van der Waals surface area contributed by atoms with Gasteiger partial charge in [-0.2, -0.15) is 0 Å². The van der Waals surface area contributed by atoms with E-state index in [1.165, 1.54) is 24.3 Å². The van der Waals surface area contributed by atoms with Crippen molar-refractivity contribution in [1.82, 2.24) is 9.97 Å². The monoisotopic (exact) mass is 241 g/mol. The number of nitrogens with zero attached hydrogens (tertiary/aromatic N) is 3. The third-order valence-corrected chi connectivity index (χ3v) is 2.61. The molecule has 0 fully saturated rings. The number of hydrogen-bond acceptors (Lipinski definition) is 5. The van der Waals surface area contributed by atoms with E-state index in [0.29, 0.717) is 22.1 Å². The van der Waals surface area contributed by atoms with Gasteiger partial charge in [-0.1, -0.05) is 0 Å². The third-order valence-electron chi connectivity index (χ3n) is 2.61. The molecular weight excluding hydrogens is 234 g/mol. The predicted molar refractivity (Wildman–Crippen MR) is 65.4 cm³/mol. The van der Waals surface area contributed by atoms with Gasteiger partial charge in [0.25, 0.3) is 5.69 Å². The van der Waals surface area contributed by atoms with Crippen LogP contribution in [-0.4, -0.2) is 20.0 Å². The van der Waals surface area contributed by atoms with Crippen LogP contribution in [0.1, 0.15) is 0 Å². The Bertz CT molecular complexity index is 786. The van der Waals surface area contributed by atoms with Crippen LogP contribution in [0, 0.1) is 10.1 Å². The Hall–Kier alpha value is -2.76. The number of hydrogen-bond donors (Lipinski definition) is 1. The molecule has 1 aromatic heterocycles. The lowest BCUT2D eigenvalue weighted by atomic mass is 10.2. The topological polar surface area (TPSA) is 89.2 Å². The molecule has 3 rings (SSSR count). The van der Waals surface area contributed by atoms with Gasteiger partial charge >= 0.3 is 0 Å². The van der Waals surface area contributed by atoms with Crippen LogP contribution in [0.25, 0.3) is 22.1 Å². The summed E-state index contributed by atoms with van der Waals surface area (Å²) in [5, 5.41) is 20.0. The van der Waals surface area contributed by atoms with Crippen LogP contribution in [0.5, 0.6) is 5.75 Å². The van der Waals surface area contributed by atoms with E-state index in [1.807, 2.05) is 0 Å². The molecule has 0 aliphatic carbocycles. The van der Waals surface area contributed by atoms with Crippen LogP contribution in [0.15, 0.2) is 36.4 Å². The van der Waals surface area contributed by atoms with Crippen molar-refractivity contribution in [3.63, 3.8) is 0 Å². The van der Waals surface area contributed by atoms with Gasteiger partial charge in [-0.3, -0.25) is 10.1 Å². The summed E-state index contributed by atoms with van der Waals surface area (Å²) in [6.45, 7) is 0. The number of benzene rings is 2. The van der Waals surface area contributed by atoms with Crippen LogP contribution in [0.3, 0.4) is 0 Å². The van der Waals surface area contributed by atoms with Gasteiger partial charge in [-0.05, 0) is 18.2 Å². The second-order valence-corrected chi connectivity index (χ2v) is 3.83. The zero-order valence-electron chi connectivity index (χ0n) is 9.07. The fraction of sp³-hybridized carbons (Fsp3) is 0. The van der Waals surface area contributed by atoms with Crippen molar-refractivity contribution < 1.29 is 10.0 Å². The molecule has 3 aromatic rings.